The lowest BCUT2D eigenvalue weighted by Crippen LogP contribution is -2.44. The van der Waals surface area contributed by atoms with Crippen LogP contribution in [0.2, 0.25) is 0 Å². The molecule has 0 aromatic carbocycles. The van der Waals surface area contributed by atoms with E-state index in [1.54, 1.807) is 12.4 Å². The summed E-state index contributed by atoms with van der Waals surface area (Å²) in [5.41, 5.74) is 1.37. The van der Waals surface area contributed by atoms with E-state index in [0.717, 1.165) is 24.2 Å². The maximum atomic E-state index is 12.3. The number of nitrogens with one attached hydrogen (secondary N) is 2. The molecule has 0 atom stereocenters. The summed E-state index contributed by atoms with van der Waals surface area (Å²) < 4.78 is 5.34. The Morgan fingerprint density at radius 2 is 2.12 bits per heavy atom. The normalized spacial score (nSPS) is 22.2. The van der Waals surface area contributed by atoms with Gasteiger partial charge in [-0.25, -0.2) is 0 Å². The third kappa shape index (κ3) is 1.76. The van der Waals surface area contributed by atoms with Crippen LogP contribution < -0.4 is 10.6 Å². The van der Waals surface area contributed by atoms with Crippen LogP contribution in [0.4, 0.5) is 11.4 Å². The van der Waals surface area contributed by atoms with Crippen LogP contribution in [0.3, 0.4) is 0 Å². The molecule has 1 aromatic rings. The smallest absolute Gasteiger partial charge is 0.232 e. The van der Waals surface area contributed by atoms with Gasteiger partial charge in [0.25, 0.3) is 0 Å². The molecule has 1 aromatic heterocycles. The Bertz CT molecular complexity index is 441. The zero-order valence-electron chi connectivity index (χ0n) is 9.53. The fraction of sp³-hybridized carbons (Fsp3) is 0.500. The molecule has 0 bridgehead atoms. The van der Waals surface area contributed by atoms with Crippen LogP contribution in [0.1, 0.15) is 12.8 Å². The molecule has 2 aliphatic rings. The minimum absolute atomic E-state index is 0.0834. The highest BCUT2D eigenvalue weighted by atomic mass is 16.5. The van der Waals surface area contributed by atoms with Crippen molar-refractivity contribution in [2.45, 2.75) is 12.8 Å². The highest BCUT2D eigenvalue weighted by molar-refractivity contribution is 5.99. The van der Waals surface area contributed by atoms with E-state index in [2.05, 4.69) is 15.6 Å². The fourth-order valence-electron chi connectivity index (χ4n) is 2.41. The minimum Gasteiger partial charge on any atom is -0.382 e. The molecule has 90 valence electrons. The van der Waals surface area contributed by atoms with Gasteiger partial charge in [0.2, 0.25) is 5.91 Å². The summed E-state index contributed by atoms with van der Waals surface area (Å²) in [4.78, 5) is 16.3. The van der Waals surface area contributed by atoms with Gasteiger partial charge in [-0.1, -0.05) is 0 Å². The lowest BCUT2D eigenvalue weighted by Gasteiger charge is -2.34. The number of hydrogen-bond donors (Lipinski definition) is 2. The third-order valence-electron chi connectivity index (χ3n) is 3.62. The number of rotatable bonds is 0. The van der Waals surface area contributed by atoms with Gasteiger partial charge in [0.05, 0.1) is 23.0 Å². The van der Waals surface area contributed by atoms with Crippen LogP contribution in [-0.2, 0) is 9.53 Å². The lowest BCUT2D eigenvalue weighted by atomic mass is 9.79. The molecule has 2 N–H and O–H groups in total. The van der Waals surface area contributed by atoms with Gasteiger partial charge in [-0.15, -0.1) is 0 Å². The van der Waals surface area contributed by atoms with E-state index in [1.165, 1.54) is 0 Å². The summed E-state index contributed by atoms with van der Waals surface area (Å²) >= 11 is 0. The molecule has 1 fully saturated rings. The van der Waals surface area contributed by atoms with Crippen molar-refractivity contribution in [3.63, 3.8) is 0 Å². The number of carbonyl (C=O) groups is 1. The fourth-order valence-corrected chi connectivity index (χ4v) is 2.41. The van der Waals surface area contributed by atoms with Crippen molar-refractivity contribution < 1.29 is 9.53 Å². The largest absolute Gasteiger partial charge is 0.382 e. The summed E-state index contributed by atoms with van der Waals surface area (Å²) in [6, 6.07) is 1.88. The molecule has 0 aliphatic carbocycles. The van der Waals surface area contributed by atoms with Crippen LogP contribution >= 0.6 is 0 Å². The van der Waals surface area contributed by atoms with E-state index >= 15 is 0 Å². The third-order valence-corrected chi connectivity index (χ3v) is 3.62. The molecule has 0 saturated carbocycles. The van der Waals surface area contributed by atoms with Gasteiger partial charge in [-0.05, 0) is 18.9 Å². The van der Waals surface area contributed by atoms with Crippen LogP contribution in [0.15, 0.2) is 18.5 Å². The first-order valence-electron chi connectivity index (χ1n) is 5.87. The molecule has 3 rings (SSSR count). The number of hydrogen-bond acceptors (Lipinski definition) is 4. The van der Waals surface area contributed by atoms with Gasteiger partial charge in [-0.2, -0.15) is 0 Å². The van der Waals surface area contributed by atoms with Crippen molar-refractivity contribution in [3.8, 4) is 0 Å². The molecule has 3 heterocycles. The van der Waals surface area contributed by atoms with Crippen molar-refractivity contribution in [2.75, 3.05) is 30.4 Å². The molecular weight excluding hydrogens is 218 g/mol. The molecule has 5 nitrogen and oxygen atoms in total. The molecule has 1 saturated heterocycles. The minimum atomic E-state index is -0.336. The van der Waals surface area contributed by atoms with Crippen LogP contribution in [-0.4, -0.2) is 30.6 Å². The topological polar surface area (TPSA) is 63.2 Å². The Morgan fingerprint density at radius 3 is 2.94 bits per heavy atom. The molecule has 2 aliphatic heterocycles. The standard InChI is InChI=1S/C12H15N3O2/c16-11-12(2-5-17-6-3-12)8-14-9-1-4-13-7-10(9)15-11/h1,4,7,14H,2-3,5-6,8H2,(H,15,16). The molecule has 1 amide bonds. The predicted octanol–water partition coefficient (Wildman–Crippen LogP) is 1.24. The Morgan fingerprint density at radius 1 is 1.29 bits per heavy atom. The number of fused-ring (bicyclic) bond motifs is 1. The van der Waals surface area contributed by atoms with E-state index in [1.807, 2.05) is 6.07 Å². The number of amides is 1. The molecule has 0 unspecified atom stereocenters. The highest BCUT2D eigenvalue weighted by Gasteiger charge is 2.41. The number of ether oxygens (including phenoxy) is 1. The van der Waals surface area contributed by atoms with Gasteiger partial charge in [-0.3, -0.25) is 9.78 Å². The zero-order valence-corrected chi connectivity index (χ0v) is 9.53. The van der Waals surface area contributed by atoms with Crippen LogP contribution in [0.25, 0.3) is 0 Å². The van der Waals surface area contributed by atoms with Crippen molar-refractivity contribution in [3.05, 3.63) is 18.5 Å². The lowest BCUT2D eigenvalue weighted by molar-refractivity contribution is -0.129. The second kappa shape index (κ2) is 4.00. The maximum Gasteiger partial charge on any atom is 0.232 e. The van der Waals surface area contributed by atoms with Crippen molar-refractivity contribution in [1.29, 1.82) is 0 Å². The van der Waals surface area contributed by atoms with Crippen LogP contribution in [0.5, 0.6) is 0 Å². The number of anilines is 2. The van der Waals surface area contributed by atoms with E-state index in [9.17, 15) is 4.79 Å². The van der Waals surface area contributed by atoms with Crippen LogP contribution in [0, 0.1) is 5.41 Å². The quantitative estimate of drug-likeness (QED) is 0.707. The Labute approximate surface area is 99.6 Å². The Balaban J connectivity index is 1.91. The average molecular weight is 233 g/mol. The SMILES string of the molecule is O=C1Nc2cnccc2NCC12CCOCC2. The van der Waals surface area contributed by atoms with Crippen molar-refractivity contribution >= 4 is 17.3 Å². The van der Waals surface area contributed by atoms with Gasteiger partial charge in [0.15, 0.2) is 0 Å². The highest BCUT2D eigenvalue weighted by Crippen LogP contribution is 2.36. The summed E-state index contributed by atoms with van der Waals surface area (Å²) in [5, 5.41) is 6.30. The van der Waals surface area contributed by atoms with E-state index in [4.69, 9.17) is 4.74 Å². The van der Waals surface area contributed by atoms with Gasteiger partial charge in [0.1, 0.15) is 0 Å². The molecular formula is C12H15N3O2. The average Bonchev–Trinajstić information content (AvgIpc) is 2.50. The van der Waals surface area contributed by atoms with Crippen molar-refractivity contribution in [1.82, 2.24) is 4.98 Å². The zero-order chi connectivity index (χ0) is 11.7. The molecule has 17 heavy (non-hydrogen) atoms. The number of aromatic nitrogens is 1. The first-order chi connectivity index (χ1) is 8.30. The van der Waals surface area contributed by atoms with E-state index < -0.39 is 0 Å². The number of carbonyl (C=O) groups excluding carboxylic acids is 1. The van der Waals surface area contributed by atoms with Gasteiger partial charge < -0.3 is 15.4 Å². The summed E-state index contributed by atoms with van der Waals surface area (Å²) in [5.74, 6) is 0.0834. The molecule has 5 heteroatoms. The van der Waals surface area contributed by atoms with E-state index in [0.29, 0.717) is 19.8 Å². The number of pyridine rings is 1. The predicted molar refractivity (Wildman–Crippen MR) is 63.8 cm³/mol. The summed E-state index contributed by atoms with van der Waals surface area (Å²) in [6.45, 7) is 1.98. The molecule has 0 radical (unpaired) electrons. The summed E-state index contributed by atoms with van der Waals surface area (Å²) in [6.07, 6.45) is 4.94. The summed E-state index contributed by atoms with van der Waals surface area (Å²) in [7, 11) is 0. The Hall–Kier alpha value is -1.62. The van der Waals surface area contributed by atoms with E-state index in [-0.39, 0.29) is 11.3 Å². The van der Waals surface area contributed by atoms with Crippen molar-refractivity contribution in [2.24, 2.45) is 5.41 Å². The second-order valence-corrected chi connectivity index (χ2v) is 4.62. The van der Waals surface area contributed by atoms with Gasteiger partial charge >= 0.3 is 0 Å². The Kier molecular flexibility index (Phi) is 2.48. The monoisotopic (exact) mass is 233 g/mol. The maximum absolute atomic E-state index is 12.3. The molecule has 1 spiro atoms. The second-order valence-electron chi connectivity index (χ2n) is 4.62. The first-order valence-corrected chi connectivity index (χ1v) is 5.87. The first kappa shape index (κ1) is 10.5. The number of nitrogens with zero attached hydrogens (tertiary/aromatic N) is 1. The van der Waals surface area contributed by atoms with Gasteiger partial charge in [0, 0.05) is 26.0 Å².